The number of benzene rings is 2. The third kappa shape index (κ3) is 7.24. The molecule has 2 N–H and O–H groups in total. The quantitative estimate of drug-likeness (QED) is 0.230. The summed E-state index contributed by atoms with van der Waals surface area (Å²) in [5, 5.41) is 48.8. The molecule has 36 heavy (non-hydrogen) atoms. The maximum atomic E-state index is 12.2. The van der Waals surface area contributed by atoms with Gasteiger partial charge in [-0.05, 0) is 25.0 Å². The normalized spacial score (nSPS) is 10.3. The molecule has 0 radical (unpaired) electrons. The average molecular weight is 504 g/mol. The van der Waals surface area contributed by atoms with E-state index < -0.39 is 54.3 Å². The fourth-order valence-electron chi connectivity index (χ4n) is 3.15. The summed E-state index contributed by atoms with van der Waals surface area (Å²) in [5.74, 6) is -1.48. The molecule has 0 saturated heterocycles. The Morgan fingerprint density at radius 1 is 0.583 bits per heavy atom. The minimum Gasteiger partial charge on any atom is -0.352 e. The Kier molecular flexibility index (Phi) is 9.41. The standard InChI is InChI=1S/C20H20N6O10/c27-19(15-7-5-13(23(29)30)11-17(15)25(33)34)21-9-3-1-2-4-10-22-20(28)16-8-6-14(24(31)32)12-18(16)26(35)36/h5-8,11-12H,1-4,9-10H2,(H,21,27)(H,22,28). The molecule has 0 atom stereocenters. The number of hydrogen-bond acceptors (Lipinski definition) is 10. The molecule has 0 aliphatic carbocycles. The zero-order chi connectivity index (χ0) is 26.8. The number of carbonyl (C=O) groups is 2. The molecular formula is C20H20N6O10. The molecule has 0 heterocycles. The van der Waals surface area contributed by atoms with Crippen LogP contribution < -0.4 is 10.6 Å². The minimum atomic E-state index is -0.874. The predicted octanol–water partition coefficient (Wildman–Crippen LogP) is 3.04. The van der Waals surface area contributed by atoms with E-state index in [1.165, 1.54) is 0 Å². The molecule has 0 bridgehead atoms. The van der Waals surface area contributed by atoms with Gasteiger partial charge in [0, 0.05) is 25.2 Å². The van der Waals surface area contributed by atoms with Crippen LogP contribution in [0.2, 0.25) is 0 Å². The Balaban J connectivity index is 1.75. The molecule has 2 aromatic carbocycles. The minimum absolute atomic E-state index is 0.189. The van der Waals surface area contributed by atoms with E-state index in [0.717, 1.165) is 24.3 Å². The van der Waals surface area contributed by atoms with Crippen LogP contribution in [0.1, 0.15) is 46.4 Å². The number of nitro benzene ring substituents is 4. The van der Waals surface area contributed by atoms with Crippen molar-refractivity contribution in [3.8, 4) is 0 Å². The highest BCUT2D eigenvalue weighted by Gasteiger charge is 2.25. The Hall–Kier alpha value is -5.02. The van der Waals surface area contributed by atoms with Crippen LogP contribution >= 0.6 is 0 Å². The summed E-state index contributed by atoms with van der Waals surface area (Å²) in [6.07, 6.45) is 2.26. The molecule has 0 aliphatic rings. The Morgan fingerprint density at radius 2 is 0.944 bits per heavy atom. The molecule has 0 saturated carbocycles. The first-order chi connectivity index (χ1) is 17.0. The van der Waals surface area contributed by atoms with Crippen LogP contribution in [0, 0.1) is 40.5 Å². The summed E-state index contributed by atoms with van der Waals surface area (Å²) >= 11 is 0. The van der Waals surface area contributed by atoms with Gasteiger partial charge in [0.15, 0.2) is 0 Å². The van der Waals surface area contributed by atoms with Crippen molar-refractivity contribution in [2.24, 2.45) is 0 Å². The van der Waals surface area contributed by atoms with Crippen LogP contribution in [0.4, 0.5) is 22.7 Å². The number of hydrogen-bond donors (Lipinski definition) is 2. The second-order valence-corrected chi connectivity index (χ2v) is 7.36. The first kappa shape index (κ1) is 27.2. The lowest BCUT2D eigenvalue weighted by Crippen LogP contribution is -2.26. The van der Waals surface area contributed by atoms with E-state index in [9.17, 15) is 50.0 Å². The summed E-state index contributed by atoms with van der Waals surface area (Å²) in [6.45, 7) is 0.378. The van der Waals surface area contributed by atoms with E-state index >= 15 is 0 Å². The van der Waals surface area contributed by atoms with E-state index in [1.54, 1.807) is 0 Å². The van der Waals surface area contributed by atoms with Crippen molar-refractivity contribution in [3.63, 3.8) is 0 Å². The molecule has 2 amide bonds. The van der Waals surface area contributed by atoms with Crippen molar-refractivity contribution in [3.05, 3.63) is 88.0 Å². The van der Waals surface area contributed by atoms with Crippen molar-refractivity contribution >= 4 is 34.6 Å². The monoisotopic (exact) mass is 504 g/mol. The van der Waals surface area contributed by atoms with E-state index in [-0.39, 0.29) is 24.2 Å². The molecule has 0 aliphatic heterocycles. The van der Waals surface area contributed by atoms with E-state index in [2.05, 4.69) is 10.6 Å². The highest BCUT2D eigenvalue weighted by atomic mass is 16.6. The molecule has 190 valence electrons. The maximum absolute atomic E-state index is 12.2. The highest BCUT2D eigenvalue weighted by Crippen LogP contribution is 2.25. The van der Waals surface area contributed by atoms with Crippen LogP contribution in [-0.4, -0.2) is 44.6 Å². The van der Waals surface area contributed by atoms with Crippen LogP contribution in [0.3, 0.4) is 0 Å². The van der Waals surface area contributed by atoms with E-state index in [1.807, 2.05) is 0 Å². The lowest BCUT2D eigenvalue weighted by molar-refractivity contribution is -0.394. The van der Waals surface area contributed by atoms with Gasteiger partial charge in [0.2, 0.25) is 0 Å². The second kappa shape index (κ2) is 12.4. The summed E-state index contributed by atoms with van der Waals surface area (Å²) in [4.78, 5) is 64.9. The molecule has 0 spiro atoms. The topological polar surface area (TPSA) is 231 Å². The third-order valence-electron chi connectivity index (χ3n) is 4.94. The lowest BCUT2D eigenvalue weighted by Gasteiger charge is -2.07. The van der Waals surface area contributed by atoms with Crippen LogP contribution in [0.25, 0.3) is 0 Å². The number of nitrogens with zero attached hydrogens (tertiary/aromatic N) is 4. The van der Waals surface area contributed by atoms with Crippen molar-refractivity contribution in [1.82, 2.24) is 10.6 Å². The van der Waals surface area contributed by atoms with Gasteiger partial charge in [-0.25, -0.2) is 0 Å². The van der Waals surface area contributed by atoms with Crippen LogP contribution in [0.5, 0.6) is 0 Å². The van der Waals surface area contributed by atoms with Gasteiger partial charge >= 0.3 is 0 Å². The zero-order valence-corrected chi connectivity index (χ0v) is 18.6. The van der Waals surface area contributed by atoms with Gasteiger partial charge in [-0.3, -0.25) is 50.0 Å². The number of carbonyl (C=O) groups excluding carboxylic acids is 2. The Morgan fingerprint density at radius 3 is 1.25 bits per heavy atom. The third-order valence-corrected chi connectivity index (χ3v) is 4.94. The van der Waals surface area contributed by atoms with Gasteiger partial charge in [-0.2, -0.15) is 0 Å². The molecule has 0 fully saturated rings. The fraction of sp³-hybridized carbons (Fsp3) is 0.300. The number of nitrogens with one attached hydrogen (secondary N) is 2. The maximum Gasteiger partial charge on any atom is 0.289 e. The van der Waals surface area contributed by atoms with E-state index in [4.69, 9.17) is 0 Å². The molecule has 2 aromatic rings. The molecule has 16 heteroatoms. The molecule has 0 unspecified atom stereocenters. The van der Waals surface area contributed by atoms with Gasteiger partial charge in [-0.1, -0.05) is 12.8 Å². The van der Waals surface area contributed by atoms with Crippen molar-refractivity contribution in [2.45, 2.75) is 25.7 Å². The van der Waals surface area contributed by atoms with Gasteiger partial charge in [0.25, 0.3) is 34.6 Å². The molecule has 2 rings (SSSR count). The second-order valence-electron chi connectivity index (χ2n) is 7.36. The summed E-state index contributed by atoms with van der Waals surface area (Å²) in [5.41, 5.74) is -2.96. The summed E-state index contributed by atoms with van der Waals surface area (Å²) in [7, 11) is 0. The van der Waals surface area contributed by atoms with Gasteiger partial charge < -0.3 is 10.6 Å². The Labute approximate surface area is 201 Å². The molecule has 16 nitrogen and oxygen atoms in total. The number of non-ortho nitro benzene ring substituents is 2. The number of rotatable bonds is 13. The summed E-state index contributed by atoms with van der Waals surface area (Å²) < 4.78 is 0. The Bertz CT molecular complexity index is 1120. The predicted molar refractivity (Wildman–Crippen MR) is 123 cm³/mol. The van der Waals surface area contributed by atoms with Gasteiger partial charge in [0.05, 0.1) is 31.8 Å². The largest absolute Gasteiger partial charge is 0.352 e. The number of unbranched alkanes of at least 4 members (excludes halogenated alkanes) is 3. The van der Waals surface area contributed by atoms with E-state index in [0.29, 0.717) is 37.8 Å². The summed E-state index contributed by atoms with van der Waals surface area (Å²) in [6, 6.07) is 5.47. The van der Waals surface area contributed by atoms with Crippen molar-refractivity contribution in [1.29, 1.82) is 0 Å². The molecular weight excluding hydrogens is 484 g/mol. The SMILES string of the molecule is O=C(NCCCCCCNC(=O)c1ccc([N+](=O)[O-])cc1[N+](=O)[O-])c1ccc([N+](=O)[O-])cc1[N+](=O)[O-]. The highest BCUT2D eigenvalue weighted by molar-refractivity contribution is 5.99. The fourth-order valence-corrected chi connectivity index (χ4v) is 3.15. The van der Waals surface area contributed by atoms with Crippen molar-refractivity contribution < 1.29 is 29.3 Å². The zero-order valence-electron chi connectivity index (χ0n) is 18.6. The average Bonchev–Trinajstić information content (AvgIpc) is 2.84. The van der Waals surface area contributed by atoms with Gasteiger partial charge in [0.1, 0.15) is 11.1 Å². The lowest BCUT2D eigenvalue weighted by atomic mass is 10.1. The number of nitro groups is 4. The first-order valence-corrected chi connectivity index (χ1v) is 10.4. The smallest absolute Gasteiger partial charge is 0.289 e. The first-order valence-electron chi connectivity index (χ1n) is 10.4. The van der Waals surface area contributed by atoms with Crippen LogP contribution in [0.15, 0.2) is 36.4 Å². The van der Waals surface area contributed by atoms with Crippen molar-refractivity contribution in [2.75, 3.05) is 13.1 Å². The van der Waals surface area contributed by atoms with Crippen LogP contribution in [-0.2, 0) is 0 Å². The number of amides is 2. The van der Waals surface area contributed by atoms with Gasteiger partial charge in [-0.15, -0.1) is 0 Å². The molecule has 0 aromatic heterocycles.